The second-order valence-electron chi connectivity index (χ2n) is 3.38. The molecule has 1 nitrogen and oxygen atoms in total. The lowest BCUT2D eigenvalue weighted by Gasteiger charge is -2.14. The lowest BCUT2D eigenvalue weighted by atomic mass is 9.95. The summed E-state index contributed by atoms with van der Waals surface area (Å²) < 4.78 is 5.12. The molecule has 1 saturated carbocycles. The molecule has 64 valence electrons. The molecule has 0 amide bonds. The van der Waals surface area contributed by atoms with Gasteiger partial charge in [-0.1, -0.05) is 26.7 Å². The van der Waals surface area contributed by atoms with Crippen molar-refractivity contribution in [2.24, 2.45) is 11.8 Å². The lowest BCUT2D eigenvalue weighted by molar-refractivity contribution is 0.272. The van der Waals surface area contributed by atoms with Gasteiger partial charge in [-0.25, -0.2) is 0 Å². The second kappa shape index (κ2) is 3.32. The normalized spacial score (nSPS) is 29.9. The first-order chi connectivity index (χ1) is 5.59. The molecule has 1 aliphatic carbocycles. The summed E-state index contributed by atoms with van der Waals surface area (Å²) in [6.07, 6.45) is 0. The Labute approximate surface area is 75.2 Å². The van der Waals surface area contributed by atoms with Crippen molar-refractivity contribution in [2.75, 3.05) is 6.61 Å². The van der Waals surface area contributed by atoms with Gasteiger partial charge in [0.05, 0.1) is 0 Å². The van der Waals surface area contributed by atoms with E-state index in [1.807, 2.05) is 0 Å². The predicted molar refractivity (Wildman–Crippen MR) is 54.6 cm³/mol. The Morgan fingerprint density at radius 2 is 1.92 bits per heavy atom. The first-order valence-corrected chi connectivity index (χ1v) is 4.15. The zero-order valence-electron chi connectivity index (χ0n) is 7.89. The van der Waals surface area contributed by atoms with Gasteiger partial charge in [0.2, 0.25) is 0 Å². The topological polar surface area (TPSA) is 9.23 Å². The quantitative estimate of drug-likeness (QED) is 0.559. The van der Waals surface area contributed by atoms with E-state index >= 15 is 0 Å². The number of rotatable bonds is 2. The van der Waals surface area contributed by atoms with E-state index in [2.05, 4.69) is 26.7 Å². The van der Waals surface area contributed by atoms with Crippen molar-refractivity contribution >= 4 is 8.05 Å². The van der Waals surface area contributed by atoms with E-state index in [0.717, 1.165) is 23.3 Å². The molecule has 12 heavy (non-hydrogen) atoms. The molecule has 0 aromatic rings. The fourth-order valence-corrected chi connectivity index (χ4v) is 1.67. The average Bonchev–Trinajstić information content (AvgIpc) is 2.23. The van der Waals surface area contributed by atoms with E-state index in [1.54, 1.807) is 8.05 Å². The zero-order valence-corrected chi connectivity index (χ0v) is 7.89. The number of hydrogen-bond acceptors (Lipinski definition) is 1. The number of allylic oxidation sites excluding steroid dienone is 2. The average molecular weight is 162 g/mol. The van der Waals surface area contributed by atoms with Crippen LogP contribution in [0.1, 0.15) is 6.92 Å². The first kappa shape index (κ1) is 9.33. The van der Waals surface area contributed by atoms with E-state index < -0.39 is 0 Å². The largest absolute Gasteiger partial charge is 0.443 e. The molecule has 2 atom stereocenters. The van der Waals surface area contributed by atoms with Crippen LogP contribution in [0.25, 0.3) is 0 Å². The van der Waals surface area contributed by atoms with Gasteiger partial charge < -0.3 is 4.65 Å². The molecule has 0 aliphatic heterocycles. The van der Waals surface area contributed by atoms with Crippen LogP contribution >= 0.6 is 0 Å². The summed E-state index contributed by atoms with van der Waals surface area (Å²) in [6.45, 7) is 14.8. The minimum Gasteiger partial charge on any atom is -0.443 e. The van der Waals surface area contributed by atoms with Crippen LogP contribution in [0.2, 0.25) is 0 Å². The summed E-state index contributed by atoms with van der Waals surface area (Å²) in [6, 6.07) is 0. The molecular formula is C10H15BO. The van der Waals surface area contributed by atoms with Crippen LogP contribution in [0.4, 0.5) is 0 Å². The molecule has 0 N–H and O–H groups in total. The van der Waals surface area contributed by atoms with Crippen LogP contribution in [-0.2, 0) is 4.65 Å². The van der Waals surface area contributed by atoms with Gasteiger partial charge >= 0.3 is 0 Å². The Bertz CT molecular complexity index is 242. The van der Waals surface area contributed by atoms with Crippen LogP contribution in [0.5, 0.6) is 0 Å². The lowest BCUT2D eigenvalue weighted by Crippen LogP contribution is -2.12. The molecule has 2 heteroatoms. The first-order valence-electron chi connectivity index (χ1n) is 4.15. The molecule has 0 bridgehead atoms. The zero-order chi connectivity index (χ0) is 9.30. The van der Waals surface area contributed by atoms with E-state index in [9.17, 15) is 0 Å². The molecule has 0 aromatic heterocycles. The third-order valence-corrected chi connectivity index (χ3v) is 2.72. The fraction of sp³-hybridized carbons (Fsp3) is 0.400. The van der Waals surface area contributed by atoms with Gasteiger partial charge in [0.1, 0.15) is 0 Å². The van der Waals surface area contributed by atoms with Crippen LogP contribution in [0.3, 0.4) is 0 Å². The van der Waals surface area contributed by atoms with Gasteiger partial charge in [0.15, 0.2) is 0 Å². The summed E-state index contributed by atoms with van der Waals surface area (Å²) in [5.74, 6) is 0.819. The highest BCUT2D eigenvalue weighted by Gasteiger charge is 2.32. The monoisotopic (exact) mass is 162 g/mol. The highest BCUT2D eigenvalue weighted by molar-refractivity contribution is 5.97. The molecule has 0 spiro atoms. The van der Waals surface area contributed by atoms with Gasteiger partial charge in [0.25, 0.3) is 8.05 Å². The molecule has 0 heterocycles. The minimum atomic E-state index is 0.384. The maximum Gasteiger partial charge on any atom is 0.257 e. The van der Waals surface area contributed by atoms with Crippen LogP contribution in [-0.4, -0.2) is 14.7 Å². The molecule has 2 unspecified atom stereocenters. The smallest absolute Gasteiger partial charge is 0.257 e. The molecule has 1 rings (SSSR count). The Morgan fingerprint density at radius 3 is 2.25 bits per heavy atom. The van der Waals surface area contributed by atoms with E-state index in [0.29, 0.717) is 11.8 Å². The SMILES string of the molecule is BOCC1C(=C)C(=C)C(=C)C1C. The molecule has 0 radical (unpaired) electrons. The van der Waals surface area contributed by atoms with Gasteiger partial charge in [-0.05, 0) is 22.6 Å². The predicted octanol–water partition coefficient (Wildman–Crippen LogP) is 1.49. The van der Waals surface area contributed by atoms with Gasteiger partial charge in [0, 0.05) is 12.5 Å². The van der Waals surface area contributed by atoms with Crippen molar-refractivity contribution in [3.63, 3.8) is 0 Å². The van der Waals surface area contributed by atoms with E-state index in [1.165, 1.54) is 0 Å². The van der Waals surface area contributed by atoms with E-state index in [4.69, 9.17) is 4.65 Å². The maximum absolute atomic E-state index is 5.12. The third-order valence-electron chi connectivity index (χ3n) is 2.72. The van der Waals surface area contributed by atoms with E-state index in [-0.39, 0.29) is 0 Å². The highest BCUT2D eigenvalue weighted by Crippen LogP contribution is 2.41. The Hall–Kier alpha value is -0.755. The van der Waals surface area contributed by atoms with Crippen molar-refractivity contribution < 1.29 is 4.65 Å². The summed E-state index contributed by atoms with van der Waals surface area (Å²) >= 11 is 0. The minimum absolute atomic E-state index is 0.384. The van der Waals surface area contributed by atoms with Gasteiger partial charge in [-0.2, -0.15) is 0 Å². The van der Waals surface area contributed by atoms with Gasteiger partial charge in [-0.3, -0.25) is 0 Å². The Kier molecular flexibility index (Phi) is 2.58. The van der Waals surface area contributed by atoms with Crippen molar-refractivity contribution in [3.8, 4) is 0 Å². The third kappa shape index (κ3) is 1.27. The van der Waals surface area contributed by atoms with Crippen molar-refractivity contribution in [3.05, 3.63) is 36.5 Å². The summed E-state index contributed by atoms with van der Waals surface area (Å²) in [5, 5.41) is 0. The fourth-order valence-electron chi connectivity index (χ4n) is 1.67. The van der Waals surface area contributed by atoms with Crippen LogP contribution in [0, 0.1) is 11.8 Å². The van der Waals surface area contributed by atoms with Crippen LogP contribution in [0.15, 0.2) is 36.5 Å². The summed E-state index contributed by atoms with van der Waals surface area (Å²) in [7, 11) is 1.71. The number of hydrogen-bond donors (Lipinski definition) is 0. The van der Waals surface area contributed by atoms with Gasteiger partial charge in [-0.15, -0.1) is 0 Å². The molecular weight excluding hydrogens is 147 g/mol. The van der Waals surface area contributed by atoms with Crippen LogP contribution < -0.4 is 0 Å². The molecule has 1 fully saturated rings. The molecule has 0 saturated heterocycles. The van der Waals surface area contributed by atoms with Crippen molar-refractivity contribution in [2.45, 2.75) is 6.92 Å². The standard InChI is InChI=1S/C10H15BO/c1-6-7(2)9(4)10(5-12-11)8(6)3/h9-10H,1-3,5,11H2,4H3. The van der Waals surface area contributed by atoms with Crippen molar-refractivity contribution in [1.82, 2.24) is 0 Å². The summed E-state index contributed by atoms with van der Waals surface area (Å²) in [4.78, 5) is 0. The molecule has 0 aromatic carbocycles. The highest BCUT2D eigenvalue weighted by atomic mass is 16.4. The Balaban J connectivity index is 2.83. The Morgan fingerprint density at radius 1 is 1.33 bits per heavy atom. The summed E-state index contributed by atoms with van der Waals surface area (Å²) in [5.41, 5.74) is 3.22. The molecule has 1 aliphatic rings. The second-order valence-corrected chi connectivity index (χ2v) is 3.38. The van der Waals surface area contributed by atoms with Crippen molar-refractivity contribution in [1.29, 1.82) is 0 Å². The maximum atomic E-state index is 5.12.